The second-order valence-electron chi connectivity index (χ2n) is 6.77. The SMILES string of the molecule is CN(C)C1=N[C@@H]2[C@@H](O)[C@H](O)C([C@@H](OCc3cccc(F)c3)C(F)(F)F)O[C@@H]2S1. The number of hydrogen-bond acceptors (Lipinski definition) is 7. The average Bonchev–Trinajstić information content (AvgIpc) is 3.03. The molecule has 0 bridgehead atoms. The number of amidine groups is 1. The molecule has 0 aromatic heterocycles. The van der Waals surface area contributed by atoms with Crippen LogP contribution in [-0.2, 0) is 16.1 Å². The summed E-state index contributed by atoms with van der Waals surface area (Å²) in [4.78, 5) is 5.85. The summed E-state index contributed by atoms with van der Waals surface area (Å²) in [5.74, 6) is -0.604. The summed E-state index contributed by atoms with van der Waals surface area (Å²) in [6.07, 6.45) is -12.6. The predicted molar refractivity (Wildman–Crippen MR) is 94.2 cm³/mol. The first-order valence-electron chi connectivity index (χ1n) is 8.44. The van der Waals surface area contributed by atoms with Crippen molar-refractivity contribution >= 4 is 16.9 Å². The van der Waals surface area contributed by atoms with E-state index in [4.69, 9.17) is 9.47 Å². The topological polar surface area (TPSA) is 74.5 Å². The molecule has 156 valence electrons. The molecule has 11 heteroatoms. The zero-order chi connectivity index (χ0) is 20.6. The van der Waals surface area contributed by atoms with E-state index in [0.717, 1.165) is 23.9 Å². The van der Waals surface area contributed by atoms with Gasteiger partial charge in [0.1, 0.15) is 35.6 Å². The Kier molecular flexibility index (Phi) is 6.20. The first-order valence-corrected chi connectivity index (χ1v) is 9.32. The number of rotatable bonds is 4. The quantitative estimate of drug-likeness (QED) is 0.718. The third-order valence-corrected chi connectivity index (χ3v) is 5.71. The number of nitrogens with zero attached hydrogens (tertiary/aromatic N) is 2. The number of halogens is 4. The van der Waals surface area contributed by atoms with E-state index >= 15 is 0 Å². The molecule has 2 heterocycles. The van der Waals surface area contributed by atoms with Crippen molar-refractivity contribution in [2.75, 3.05) is 14.1 Å². The third kappa shape index (κ3) is 4.43. The molecule has 6 atom stereocenters. The monoisotopic (exact) mass is 424 g/mol. The van der Waals surface area contributed by atoms with Crippen molar-refractivity contribution in [3.05, 3.63) is 35.6 Å². The minimum Gasteiger partial charge on any atom is -0.388 e. The van der Waals surface area contributed by atoms with Crippen LogP contribution in [0.3, 0.4) is 0 Å². The summed E-state index contributed by atoms with van der Waals surface area (Å²) in [7, 11) is 3.40. The third-order valence-electron chi connectivity index (χ3n) is 4.41. The van der Waals surface area contributed by atoms with Gasteiger partial charge in [0.05, 0.1) is 6.61 Å². The Morgan fingerprint density at radius 2 is 2.00 bits per heavy atom. The van der Waals surface area contributed by atoms with Crippen LogP contribution in [0.1, 0.15) is 5.56 Å². The highest BCUT2D eigenvalue weighted by atomic mass is 32.2. The van der Waals surface area contributed by atoms with Crippen LogP contribution in [0.2, 0.25) is 0 Å². The highest BCUT2D eigenvalue weighted by Gasteiger charge is 2.57. The van der Waals surface area contributed by atoms with Gasteiger partial charge in [-0.1, -0.05) is 23.9 Å². The lowest BCUT2D eigenvalue weighted by atomic mass is 9.94. The van der Waals surface area contributed by atoms with Gasteiger partial charge >= 0.3 is 6.18 Å². The van der Waals surface area contributed by atoms with Crippen molar-refractivity contribution in [2.24, 2.45) is 4.99 Å². The van der Waals surface area contributed by atoms with Crippen LogP contribution in [0.5, 0.6) is 0 Å². The Hall–Kier alpha value is -1.40. The van der Waals surface area contributed by atoms with Crippen molar-refractivity contribution in [1.29, 1.82) is 0 Å². The minimum absolute atomic E-state index is 0.200. The second-order valence-corrected chi connectivity index (χ2v) is 7.83. The predicted octanol–water partition coefficient (Wildman–Crippen LogP) is 1.75. The molecular weight excluding hydrogens is 404 g/mol. The number of ether oxygens (including phenoxy) is 2. The van der Waals surface area contributed by atoms with Crippen LogP contribution in [0.15, 0.2) is 29.3 Å². The number of aliphatic hydroxyl groups excluding tert-OH is 2. The van der Waals surface area contributed by atoms with Crippen LogP contribution in [0.4, 0.5) is 17.6 Å². The fourth-order valence-electron chi connectivity index (χ4n) is 3.03. The largest absolute Gasteiger partial charge is 0.417 e. The number of alkyl halides is 3. The molecule has 1 unspecified atom stereocenters. The lowest BCUT2D eigenvalue weighted by Crippen LogP contribution is -2.61. The van der Waals surface area contributed by atoms with E-state index in [1.54, 1.807) is 19.0 Å². The summed E-state index contributed by atoms with van der Waals surface area (Å²) in [6, 6.07) is 4.11. The van der Waals surface area contributed by atoms with Crippen LogP contribution < -0.4 is 0 Å². The van der Waals surface area contributed by atoms with Crippen molar-refractivity contribution in [1.82, 2.24) is 4.90 Å². The molecule has 2 N–H and O–H groups in total. The molecular formula is C17H20F4N2O4S. The number of benzene rings is 1. The van der Waals surface area contributed by atoms with Gasteiger partial charge in [0.25, 0.3) is 0 Å². The first kappa shape index (κ1) is 21.3. The molecule has 2 aliphatic heterocycles. The maximum Gasteiger partial charge on any atom is 0.417 e. The molecule has 0 radical (unpaired) electrons. The van der Waals surface area contributed by atoms with Gasteiger partial charge in [-0.3, -0.25) is 4.99 Å². The number of aliphatic hydroxyl groups is 2. The number of aliphatic imine (C=N–C) groups is 1. The second kappa shape index (κ2) is 8.15. The Bertz CT molecular complexity index is 733. The standard InChI is InChI=1S/C17H20F4N2O4S/c1-23(2)16-22-10-11(24)12(25)13(27-15(10)28-16)14(17(19,20)21)26-7-8-4-3-5-9(18)6-8/h3-6,10-15,24-25H,7H2,1-2H3/t10-,11-,12+,13?,14-,15-/m1/s1. The highest BCUT2D eigenvalue weighted by Crippen LogP contribution is 2.41. The van der Waals surface area contributed by atoms with Gasteiger partial charge in [-0.25, -0.2) is 4.39 Å². The lowest BCUT2D eigenvalue weighted by Gasteiger charge is -2.41. The zero-order valence-electron chi connectivity index (χ0n) is 15.0. The lowest BCUT2D eigenvalue weighted by molar-refractivity contribution is -0.286. The van der Waals surface area contributed by atoms with Crippen LogP contribution in [0, 0.1) is 5.82 Å². The summed E-state index contributed by atoms with van der Waals surface area (Å²) >= 11 is 1.07. The van der Waals surface area contributed by atoms with E-state index in [1.165, 1.54) is 12.1 Å². The molecule has 0 spiro atoms. The Balaban J connectivity index is 1.77. The molecule has 3 rings (SSSR count). The molecule has 1 fully saturated rings. The molecule has 2 aliphatic rings. The summed E-state index contributed by atoms with van der Waals surface area (Å²) < 4.78 is 64.6. The van der Waals surface area contributed by atoms with Gasteiger partial charge in [0, 0.05) is 14.1 Å². The minimum atomic E-state index is -4.87. The van der Waals surface area contributed by atoms with Gasteiger partial charge in [-0.05, 0) is 17.7 Å². The molecule has 0 saturated carbocycles. The highest BCUT2D eigenvalue weighted by molar-refractivity contribution is 8.14. The molecule has 1 saturated heterocycles. The molecule has 6 nitrogen and oxygen atoms in total. The van der Waals surface area contributed by atoms with E-state index in [-0.39, 0.29) is 5.56 Å². The van der Waals surface area contributed by atoms with Gasteiger partial charge in [-0.15, -0.1) is 0 Å². The number of fused-ring (bicyclic) bond motifs is 1. The van der Waals surface area contributed by atoms with Crippen LogP contribution in [-0.4, -0.2) is 76.4 Å². The maximum absolute atomic E-state index is 13.6. The zero-order valence-corrected chi connectivity index (χ0v) is 15.8. The fourth-order valence-corrected chi connectivity index (χ4v) is 4.18. The maximum atomic E-state index is 13.6. The van der Waals surface area contributed by atoms with Crippen LogP contribution >= 0.6 is 11.8 Å². The van der Waals surface area contributed by atoms with E-state index < -0.39 is 54.5 Å². The number of hydrogen-bond donors (Lipinski definition) is 2. The van der Waals surface area contributed by atoms with Gasteiger partial charge in [0.15, 0.2) is 11.3 Å². The fraction of sp³-hybridized carbons (Fsp3) is 0.588. The Morgan fingerprint density at radius 3 is 2.61 bits per heavy atom. The van der Waals surface area contributed by atoms with Crippen LogP contribution in [0.25, 0.3) is 0 Å². The molecule has 0 aliphatic carbocycles. The van der Waals surface area contributed by atoms with Crippen molar-refractivity contribution in [2.45, 2.75) is 48.7 Å². The smallest absolute Gasteiger partial charge is 0.388 e. The summed E-state index contributed by atoms with van der Waals surface area (Å²) in [5.41, 5.74) is -0.685. The normalized spacial score (nSPS) is 31.3. The molecule has 28 heavy (non-hydrogen) atoms. The van der Waals surface area contributed by atoms with Gasteiger partial charge in [0.2, 0.25) is 0 Å². The summed E-state index contributed by atoms with van der Waals surface area (Å²) in [5, 5.41) is 21.1. The molecule has 0 amide bonds. The average molecular weight is 424 g/mol. The van der Waals surface area contributed by atoms with Crippen molar-refractivity contribution < 1.29 is 37.2 Å². The van der Waals surface area contributed by atoms with Crippen molar-refractivity contribution in [3.8, 4) is 0 Å². The van der Waals surface area contributed by atoms with E-state index in [2.05, 4.69) is 4.99 Å². The Labute approximate surface area is 163 Å². The number of thioether (sulfide) groups is 1. The van der Waals surface area contributed by atoms with E-state index in [1.807, 2.05) is 0 Å². The van der Waals surface area contributed by atoms with Gasteiger partial charge < -0.3 is 24.6 Å². The van der Waals surface area contributed by atoms with Gasteiger partial charge in [-0.2, -0.15) is 13.2 Å². The first-order chi connectivity index (χ1) is 13.1. The molecule has 1 aromatic carbocycles. The molecule has 1 aromatic rings. The summed E-state index contributed by atoms with van der Waals surface area (Å²) in [6.45, 7) is -0.536. The van der Waals surface area contributed by atoms with Crippen molar-refractivity contribution in [3.63, 3.8) is 0 Å². The van der Waals surface area contributed by atoms with E-state index in [0.29, 0.717) is 5.17 Å². The van der Waals surface area contributed by atoms with E-state index in [9.17, 15) is 27.8 Å². The Morgan fingerprint density at radius 1 is 1.29 bits per heavy atom.